The lowest BCUT2D eigenvalue weighted by atomic mass is 9.77. The molecule has 0 bridgehead atoms. The number of ketones is 1. The Kier molecular flexibility index (Phi) is 5.22. The fourth-order valence-electron chi connectivity index (χ4n) is 3.79. The van der Waals surface area contributed by atoms with E-state index in [0.717, 1.165) is 39.3 Å². The van der Waals surface area contributed by atoms with Gasteiger partial charge in [0.25, 0.3) is 0 Å². The van der Waals surface area contributed by atoms with Crippen molar-refractivity contribution in [2.24, 2.45) is 11.7 Å². The van der Waals surface area contributed by atoms with Crippen molar-refractivity contribution in [2.45, 2.75) is 0 Å². The fourth-order valence-corrected chi connectivity index (χ4v) is 3.79. The zero-order valence-corrected chi connectivity index (χ0v) is 15.9. The number of anilines is 2. The van der Waals surface area contributed by atoms with Gasteiger partial charge in [-0.2, -0.15) is 0 Å². The number of benzene rings is 2. The standard InChI is InChI=1S/C22H21N3O.ClH/c1-25-18-7-3-2-5-16(18)21(14-9-11-15(24)12-10-14)22-17(20(26)13-23)6-4-8-19(22)25;/h2-12,17H,13,23-24H2,1H3;1H. The third-order valence-corrected chi connectivity index (χ3v) is 5.06. The van der Waals surface area contributed by atoms with Gasteiger partial charge in [-0.05, 0) is 41.0 Å². The molecular formula is C22H22ClN3O. The van der Waals surface area contributed by atoms with Gasteiger partial charge in [-0.25, -0.2) is 0 Å². The van der Waals surface area contributed by atoms with Gasteiger partial charge in [-0.15, -0.1) is 12.4 Å². The molecule has 4 rings (SSSR count). The number of para-hydroxylation sites is 1. The van der Waals surface area contributed by atoms with E-state index in [1.807, 2.05) is 55.6 Å². The molecule has 4 N–H and O–H groups in total. The molecule has 1 aliphatic heterocycles. The van der Waals surface area contributed by atoms with Crippen LogP contribution in [0.4, 0.5) is 11.4 Å². The number of hydrogen-bond donors (Lipinski definition) is 2. The van der Waals surface area contributed by atoms with Crippen LogP contribution in [0.15, 0.2) is 78.0 Å². The van der Waals surface area contributed by atoms with Crippen molar-refractivity contribution in [1.82, 2.24) is 0 Å². The zero-order valence-electron chi connectivity index (χ0n) is 15.1. The lowest BCUT2D eigenvalue weighted by Gasteiger charge is -2.37. The highest BCUT2D eigenvalue weighted by molar-refractivity contribution is 6.00. The normalized spacial score (nSPS) is 17.6. The van der Waals surface area contributed by atoms with Crippen LogP contribution in [0.2, 0.25) is 0 Å². The maximum absolute atomic E-state index is 12.6. The van der Waals surface area contributed by atoms with Crippen LogP contribution in [0.3, 0.4) is 0 Å². The number of nitrogens with two attached hydrogens (primary N) is 2. The van der Waals surface area contributed by atoms with Gasteiger partial charge in [-0.1, -0.05) is 42.5 Å². The smallest absolute Gasteiger partial charge is 0.157 e. The van der Waals surface area contributed by atoms with Gasteiger partial charge < -0.3 is 16.4 Å². The number of nitrogens with zero attached hydrogens (tertiary/aromatic N) is 1. The third kappa shape index (κ3) is 3.07. The average Bonchev–Trinajstić information content (AvgIpc) is 2.68. The third-order valence-electron chi connectivity index (χ3n) is 5.06. The first kappa shape index (κ1) is 19.0. The Morgan fingerprint density at radius 2 is 1.81 bits per heavy atom. The molecule has 1 atom stereocenters. The summed E-state index contributed by atoms with van der Waals surface area (Å²) in [6, 6.07) is 16.1. The second kappa shape index (κ2) is 7.43. The summed E-state index contributed by atoms with van der Waals surface area (Å²) in [5.41, 5.74) is 18.7. The van der Waals surface area contributed by atoms with Gasteiger partial charge >= 0.3 is 0 Å². The molecule has 2 aromatic carbocycles. The minimum absolute atomic E-state index is 0. The first-order chi connectivity index (χ1) is 12.6. The van der Waals surface area contributed by atoms with Crippen molar-refractivity contribution >= 4 is 35.1 Å². The summed E-state index contributed by atoms with van der Waals surface area (Å²) in [6.45, 7) is 0.0200. The predicted octanol–water partition coefficient (Wildman–Crippen LogP) is 3.54. The van der Waals surface area contributed by atoms with E-state index >= 15 is 0 Å². The molecule has 0 fully saturated rings. The summed E-state index contributed by atoms with van der Waals surface area (Å²) in [6.07, 6.45) is 5.94. The summed E-state index contributed by atoms with van der Waals surface area (Å²) in [4.78, 5) is 14.7. The number of likely N-dealkylation sites (N-methyl/N-ethyl adjacent to an activating group) is 1. The maximum Gasteiger partial charge on any atom is 0.157 e. The largest absolute Gasteiger partial charge is 0.399 e. The summed E-state index contributed by atoms with van der Waals surface area (Å²) >= 11 is 0. The molecule has 0 radical (unpaired) electrons. The summed E-state index contributed by atoms with van der Waals surface area (Å²) < 4.78 is 0. The van der Waals surface area contributed by atoms with E-state index in [1.165, 1.54) is 0 Å². The first-order valence-corrected chi connectivity index (χ1v) is 8.66. The molecule has 5 heteroatoms. The van der Waals surface area contributed by atoms with Gasteiger partial charge in [-0.3, -0.25) is 4.79 Å². The van der Waals surface area contributed by atoms with Crippen molar-refractivity contribution < 1.29 is 4.79 Å². The van der Waals surface area contributed by atoms with Crippen LogP contribution in [-0.4, -0.2) is 19.4 Å². The molecular weight excluding hydrogens is 358 g/mol. The number of nitrogen functional groups attached to an aromatic ring is 1. The van der Waals surface area contributed by atoms with E-state index in [1.54, 1.807) is 0 Å². The van der Waals surface area contributed by atoms with Gasteiger partial charge in [0.15, 0.2) is 5.78 Å². The minimum atomic E-state index is -0.344. The highest BCUT2D eigenvalue weighted by Gasteiger charge is 2.34. The average molecular weight is 380 g/mol. The highest BCUT2D eigenvalue weighted by Crippen LogP contribution is 2.46. The molecule has 0 aromatic heterocycles. The minimum Gasteiger partial charge on any atom is -0.399 e. The van der Waals surface area contributed by atoms with E-state index in [-0.39, 0.29) is 30.7 Å². The van der Waals surface area contributed by atoms with Crippen LogP contribution >= 0.6 is 12.4 Å². The lowest BCUT2D eigenvalue weighted by Crippen LogP contribution is -2.33. The van der Waals surface area contributed by atoms with Crippen LogP contribution in [-0.2, 0) is 4.79 Å². The molecule has 2 aliphatic rings. The number of allylic oxidation sites excluding steroid dienone is 4. The predicted molar refractivity (Wildman–Crippen MR) is 114 cm³/mol. The number of halogens is 1. The number of rotatable bonds is 3. The Labute approximate surface area is 165 Å². The van der Waals surface area contributed by atoms with Gasteiger partial charge in [0.2, 0.25) is 0 Å². The number of fused-ring (bicyclic) bond motifs is 2. The van der Waals surface area contributed by atoms with Crippen LogP contribution in [0.1, 0.15) is 11.1 Å². The number of carbonyl (C=O) groups excluding carboxylic acids is 1. The number of hydrogen-bond acceptors (Lipinski definition) is 4. The van der Waals surface area contributed by atoms with E-state index in [2.05, 4.69) is 23.1 Å². The summed E-state index contributed by atoms with van der Waals surface area (Å²) in [5.74, 6) is -0.328. The zero-order chi connectivity index (χ0) is 18.3. The van der Waals surface area contributed by atoms with E-state index in [9.17, 15) is 4.79 Å². The molecule has 4 nitrogen and oxygen atoms in total. The molecule has 2 aromatic rings. The molecule has 27 heavy (non-hydrogen) atoms. The van der Waals surface area contributed by atoms with Crippen molar-refractivity contribution in [1.29, 1.82) is 0 Å². The summed E-state index contributed by atoms with van der Waals surface area (Å²) in [5, 5.41) is 0. The van der Waals surface area contributed by atoms with Crippen molar-refractivity contribution in [3.05, 3.63) is 89.2 Å². The molecule has 0 spiro atoms. The molecule has 0 saturated heterocycles. The maximum atomic E-state index is 12.6. The van der Waals surface area contributed by atoms with E-state index in [4.69, 9.17) is 11.5 Å². The fraction of sp³-hybridized carbons (Fsp3) is 0.136. The number of carbonyl (C=O) groups is 1. The van der Waals surface area contributed by atoms with Gasteiger partial charge in [0.1, 0.15) is 0 Å². The summed E-state index contributed by atoms with van der Waals surface area (Å²) in [7, 11) is 2.04. The van der Waals surface area contributed by atoms with Crippen molar-refractivity contribution in [3.8, 4) is 0 Å². The Bertz CT molecular complexity index is 973. The molecule has 1 unspecified atom stereocenters. The van der Waals surface area contributed by atoms with Crippen LogP contribution < -0.4 is 16.4 Å². The SMILES string of the molecule is CN1C2=CC=CC(C(=O)CN)C2=C(c2ccc(N)cc2)c2ccccc21.Cl. The molecule has 1 aliphatic carbocycles. The van der Waals surface area contributed by atoms with Crippen molar-refractivity contribution in [3.63, 3.8) is 0 Å². The number of Topliss-reactive ketones (excluding diaryl/α,β-unsaturated/α-hetero) is 1. The Morgan fingerprint density at radius 3 is 2.52 bits per heavy atom. The Balaban J connectivity index is 0.00000210. The highest BCUT2D eigenvalue weighted by atomic mass is 35.5. The van der Waals surface area contributed by atoms with Crippen LogP contribution in [0.25, 0.3) is 5.57 Å². The molecule has 0 saturated carbocycles. The van der Waals surface area contributed by atoms with E-state index < -0.39 is 0 Å². The molecule has 0 amide bonds. The Morgan fingerprint density at radius 1 is 1.11 bits per heavy atom. The quantitative estimate of drug-likeness (QED) is 0.800. The Hall–Kier alpha value is -2.82. The van der Waals surface area contributed by atoms with Gasteiger partial charge in [0.05, 0.1) is 12.5 Å². The van der Waals surface area contributed by atoms with Crippen molar-refractivity contribution in [2.75, 3.05) is 24.2 Å². The second-order valence-electron chi connectivity index (χ2n) is 6.57. The second-order valence-corrected chi connectivity index (χ2v) is 6.57. The molecule has 1 heterocycles. The van der Waals surface area contributed by atoms with Crippen LogP contribution in [0.5, 0.6) is 0 Å². The van der Waals surface area contributed by atoms with Crippen LogP contribution in [0, 0.1) is 5.92 Å². The molecule has 138 valence electrons. The lowest BCUT2D eigenvalue weighted by molar-refractivity contribution is -0.119. The first-order valence-electron chi connectivity index (χ1n) is 8.66. The van der Waals surface area contributed by atoms with Gasteiger partial charge in [0, 0.05) is 29.7 Å². The van der Waals surface area contributed by atoms with E-state index in [0.29, 0.717) is 0 Å². The monoisotopic (exact) mass is 379 g/mol. The topological polar surface area (TPSA) is 72.3 Å².